The highest BCUT2D eigenvalue weighted by Gasteiger charge is 2.10. The normalized spacial score (nSPS) is 10.8. The molecule has 0 saturated carbocycles. The van der Waals surface area contributed by atoms with Crippen LogP contribution in [0, 0.1) is 0 Å². The minimum atomic E-state index is -0.215. The second kappa shape index (κ2) is 5.42. The number of methoxy groups -OCH3 is 1. The fourth-order valence-corrected chi connectivity index (χ4v) is 2.72. The average molecular weight is 287 g/mol. The lowest BCUT2D eigenvalue weighted by Gasteiger charge is -1.95. The molecule has 0 unspecified atom stereocenters. The van der Waals surface area contributed by atoms with Gasteiger partial charge < -0.3 is 9.14 Å². The quantitative estimate of drug-likeness (QED) is 0.692. The number of ether oxygens (including phenoxy) is 1. The lowest BCUT2D eigenvalue weighted by atomic mass is 10.2. The van der Waals surface area contributed by atoms with Gasteiger partial charge in [-0.15, -0.1) is 11.3 Å². The molecule has 0 aliphatic heterocycles. The molecule has 0 bridgehead atoms. The zero-order valence-electron chi connectivity index (χ0n) is 10.9. The van der Waals surface area contributed by atoms with Gasteiger partial charge in [0.05, 0.1) is 19.2 Å². The molecule has 0 aliphatic carbocycles. The van der Waals surface area contributed by atoms with Crippen LogP contribution in [0.1, 0.15) is 12.1 Å². The van der Waals surface area contributed by atoms with Gasteiger partial charge in [0.1, 0.15) is 16.3 Å². The van der Waals surface area contributed by atoms with Crippen molar-refractivity contribution in [3.05, 3.63) is 41.7 Å². The first-order chi connectivity index (χ1) is 9.76. The Bertz CT molecular complexity index is 715. The third-order valence-corrected chi connectivity index (χ3v) is 3.86. The van der Waals surface area contributed by atoms with E-state index in [2.05, 4.69) is 14.7 Å². The van der Waals surface area contributed by atoms with Crippen molar-refractivity contribution in [2.24, 2.45) is 0 Å². The summed E-state index contributed by atoms with van der Waals surface area (Å²) in [6.07, 6.45) is 4.86. The predicted molar refractivity (Wildman–Crippen MR) is 76.6 cm³/mol. The molecule has 0 atom stereocenters. The van der Waals surface area contributed by atoms with Gasteiger partial charge in [0.2, 0.25) is 0 Å². The maximum atomic E-state index is 11.1. The molecule has 0 aliphatic rings. The molecule has 0 saturated heterocycles. The lowest BCUT2D eigenvalue weighted by molar-refractivity contribution is -0.140. The van der Waals surface area contributed by atoms with E-state index in [-0.39, 0.29) is 5.97 Å². The summed E-state index contributed by atoms with van der Waals surface area (Å²) in [7, 11) is 1.39. The third-order valence-electron chi connectivity index (χ3n) is 2.95. The Kier molecular flexibility index (Phi) is 3.47. The summed E-state index contributed by atoms with van der Waals surface area (Å²) >= 11 is 1.54. The van der Waals surface area contributed by atoms with E-state index in [9.17, 15) is 4.79 Å². The summed E-state index contributed by atoms with van der Waals surface area (Å²) in [5.41, 5.74) is 2.65. The summed E-state index contributed by atoms with van der Waals surface area (Å²) in [6.45, 7) is 0. The molecule has 3 aromatic heterocycles. The number of nitrogens with zero attached hydrogens (tertiary/aromatic N) is 3. The highest BCUT2D eigenvalue weighted by atomic mass is 32.1. The second-order valence-electron chi connectivity index (χ2n) is 4.31. The molecule has 20 heavy (non-hydrogen) atoms. The van der Waals surface area contributed by atoms with Crippen molar-refractivity contribution in [3.63, 3.8) is 0 Å². The molecule has 0 N–H and O–H groups in total. The number of thiazole rings is 1. The first-order valence-corrected chi connectivity index (χ1v) is 7.09. The highest BCUT2D eigenvalue weighted by Crippen LogP contribution is 2.23. The van der Waals surface area contributed by atoms with Crippen molar-refractivity contribution in [1.82, 2.24) is 14.4 Å². The number of pyridine rings is 1. The molecular formula is C14H13N3O2S. The van der Waals surface area contributed by atoms with E-state index in [4.69, 9.17) is 0 Å². The van der Waals surface area contributed by atoms with Crippen molar-refractivity contribution >= 4 is 23.0 Å². The second-order valence-corrected chi connectivity index (χ2v) is 5.17. The van der Waals surface area contributed by atoms with Gasteiger partial charge in [-0.2, -0.15) is 0 Å². The third kappa shape index (κ3) is 2.55. The zero-order chi connectivity index (χ0) is 13.9. The van der Waals surface area contributed by atoms with Crippen LogP contribution in [-0.2, 0) is 16.0 Å². The van der Waals surface area contributed by atoms with Crippen LogP contribution in [0.25, 0.3) is 16.3 Å². The number of imidazole rings is 1. The van der Waals surface area contributed by atoms with Crippen LogP contribution >= 0.6 is 11.3 Å². The number of carbonyl (C=O) groups excluding carboxylic acids is 1. The number of aryl methyl sites for hydroxylation is 1. The molecule has 0 spiro atoms. The summed E-state index contributed by atoms with van der Waals surface area (Å²) < 4.78 is 6.59. The highest BCUT2D eigenvalue weighted by molar-refractivity contribution is 7.13. The van der Waals surface area contributed by atoms with E-state index < -0.39 is 0 Å². The van der Waals surface area contributed by atoms with E-state index in [1.165, 1.54) is 18.4 Å². The van der Waals surface area contributed by atoms with Crippen molar-refractivity contribution in [2.45, 2.75) is 12.8 Å². The van der Waals surface area contributed by atoms with Crippen molar-refractivity contribution < 1.29 is 9.53 Å². The summed E-state index contributed by atoms with van der Waals surface area (Å²) in [5, 5.41) is 2.83. The SMILES string of the molecule is COC(=O)CCc1csc(-c2cn3ccccc3n2)n1. The minimum absolute atomic E-state index is 0.215. The van der Waals surface area contributed by atoms with Gasteiger partial charge in [0.15, 0.2) is 0 Å². The smallest absolute Gasteiger partial charge is 0.305 e. The van der Waals surface area contributed by atoms with E-state index in [1.807, 2.05) is 40.4 Å². The Balaban J connectivity index is 1.80. The molecule has 3 rings (SSSR count). The van der Waals surface area contributed by atoms with Gasteiger partial charge in [-0.25, -0.2) is 9.97 Å². The number of carbonyl (C=O) groups is 1. The first-order valence-electron chi connectivity index (χ1n) is 6.21. The van der Waals surface area contributed by atoms with Crippen molar-refractivity contribution in [2.75, 3.05) is 7.11 Å². The predicted octanol–water partition coefficient (Wildman–Crippen LogP) is 2.56. The molecular weight excluding hydrogens is 274 g/mol. The van der Waals surface area contributed by atoms with Gasteiger partial charge in [-0.05, 0) is 12.1 Å². The molecule has 102 valence electrons. The standard InChI is InChI=1S/C14H13N3O2S/c1-19-13(18)6-5-10-9-20-14(15-10)11-8-17-7-3-2-4-12(17)16-11/h2-4,7-9H,5-6H2,1H3. The van der Waals surface area contributed by atoms with E-state index in [0.29, 0.717) is 12.8 Å². The van der Waals surface area contributed by atoms with Gasteiger partial charge in [-0.3, -0.25) is 4.79 Å². The van der Waals surface area contributed by atoms with E-state index in [1.54, 1.807) is 0 Å². The maximum Gasteiger partial charge on any atom is 0.305 e. The van der Waals surface area contributed by atoms with Gasteiger partial charge >= 0.3 is 5.97 Å². The average Bonchev–Trinajstić information content (AvgIpc) is 3.10. The van der Waals surface area contributed by atoms with Crippen LogP contribution in [0.4, 0.5) is 0 Å². The maximum absolute atomic E-state index is 11.1. The molecule has 0 amide bonds. The topological polar surface area (TPSA) is 56.5 Å². The van der Waals surface area contributed by atoms with Gasteiger partial charge in [-0.1, -0.05) is 6.07 Å². The first kappa shape index (κ1) is 12.8. The van der Waals surface area contributed by atoms with Gasteiger partial charge in [0.25, 0.3) is 0 Å². The number of esters is 1. The fourth-order valence-electron chi connectivity index (χ4n) is 1.91. The molecule has 6 heteroatoms. The largest absolute Gasteiger partial charge is 0.469 e. The van der Waals surface area contributed by atoms with Crippen LogP contribution in [0.15, 0.2) is 36.0 Å². The summed E-state index contributed by atoms with van der Waals surface area (Å²) in [6, 6.07) is 5.87. The van der Waals surface area contributed by atoms with Gasteiger partial charge in [0, 0.05) is 24.2 Å². The Morgan fingerprint density at radius 3 is 3.10 bits per heavy atom. The Morgan fingerprint density at radius 2 is 2.30 bits per heavy atom. The summed E-state index contributed by atoms with van der Waals surface area (Å²) in [4.78, 5) is 20.2. The number of aromatic nitrogens is 3. The number of rotatable bonds is 4. The molecule has 3 heterocycles. The molecule has 0 fully saturated rings. The Morgan fingerprint density at radius 1 is 1.40 bits per heavy atom. The fraction of sp³-hybridized carbons (Fsp3) is 0.214. The minimum Gasteiger partial charge on any atom is -0.469 e. The number of fused-ring (bicyclic) bond motifs is 1. The van der Waals surface area contributed by atoms with Crippen LogP contribution in [-0.4, -0.2) is 27.4 Å². The van der Waals surface area contributed by atoms with Crippen LogP contribution in [0.5, 0.6) is 0 Å². The number of hydrogen-bond acceptors (Lipinski definition) is 5. The molecule has 0 radical (unpaired) electrons. The monoisotopic (exact) mass is 287 g/mol. The number of hydrogen-bond donors (Lipinski definition) is 0. The lowest BCUT2D eigenvalue weighted by Crippen LogP contribution is -2.01. The Hall–Kier alpha value is -2.21. The van der Waals surface area contributed by atoms with Crippen molar-refractivity contribution in [3.8, 4) is 10.7 Å². The molecule has 0 aromatic carbocycles. The molecule has 5 nitrogen and oxygen atoms in total. The molecule has 3 aromatic rings. The van der Waals surface area contributed by atoms with Crippen LogP contribution in [0.3, 0.4) is 0 Å². The van der Waals surface area contributed by atoms with Crippen LogP contribution in [0.2, 0.25) is 0 Å². The van der Waals surface area contributed by atoms with Crippen LogP contribution < -0.4 is 0 Å². The zero-order valence-corrected chi connectivity index (χ0v) is 11.8. The summed E-state index contributed by atoms with van der Waals surface area (Å²) in [5.74, 6) is -0.215. The van der Waals surface area contributed by atoms with Crippen molar-refractivity contribution in [1.29, 1.82) is 0 Å². The van der Waals surface area contributed by atoms with E-state index in [0.717, 1.165) is 22.0 Å². The van der Waals surface area contributed by atoms with E-state index >= 15 is 0 Å². The Labute approximate surface area is 119 Å².